The van der Waals surface area contributed by atoms with Gasteiger partial charge in [-0.2, -0.15) is 0 Å². The molecule has 0 spiro atoms. The summed E-state index contributed by atoms with van der Waals surface area (Å²) in [5, 5.41) is 11.0. The molecule has 3 nitrogen and oxygen atoms in total. The van der Waals surface area contributed by atoms with Gasteiger partial charge in [0.25, 0.3) is 0 Å². The van der Waals surface area contributed by atoms with Crippen LogP contribution in [0.15, 0.2) is 78.0 Å². The van der Waals surface area contributed by atoms with Crippen LogP contribution in [0.2, 0.25) is 10.0 Å². The van der Waals surface area contributed by atoms with E-state index in [0.29, 0.717) is 10.0 Å². The molecule has 30 heavy (non-hydrogen) atoms. The van der Waals surface area contributed by atoms with E-state index in [1.807, 2.05) is 36.4 Å². The Morgan fingerprint density at radius 3 is 2.23 bits per heavy atom. The number of thioether (sulfide) groups is 1. The highest BCUT2D eigenvalue weighted by Gasteiger charge is 2.15. The largest absolute Gasteiger partial charge is 0.274 e. The van der Waals surface area contributed by atoms with E-state index in [0.717, 1.165) is 40.8 Å². The van der Waals surface area contributed by atoms with Crippen molar-refractivity contribution < 1.29 is 0 Å². The third kappa shape index (κ3) is 4.89. The average Bonchev–Trinajstić information content (AvgIpc) is 3.17. The minimum atomic E-state index is 0.565. The average molecular weight is 454 g/mol. The molecule has 0 saturated heterocycles. The van der Waals surface area contributed by atoms with Crippen molar-refractivity contribution in [3.05, 3.63) is 105 Å². The summed E-state index contributed by atoms with van der Waals surface area (Å²) in [6.45, 7) is 2.16. The highest BCUT2D eigenvalue weighted by Crippen LogP contribution is 2.29. The van der Waals surface area contributed by atoms with Gasteiger partial charge in [-0.15, -0.1) is 10.2 Å². The van der Waals surface area contributed by atoms with Crippen LogP contribution in [0.25, 0.3) is 5.69 Å². The molecule has 4 aromatic rings. The zero-order valence-electron chi connectivity index (χ0n) is 16.6. The van der Waals surface area contributed by atoms with Crippen molar-refractivity contribution >= 4 is 35.0 Å². The van der Waals surface area contributed by atoms with E-state index in [-0.39, 0.29) is 0 Å². The summed E-state index contributed by atoms with van der Waals surface area (Å²) in [6.07, 6.45) is 1.73. The smallest absolute Gasteiger partial charge is 0.196 e. The van der Waals surface area contributed by atoms with E-state index < -0.39 is 0 Å². The quantitative estimate of drug-likeness (QED) is 0.281. The lowest BCUT2D eigenvalue weighted by Gasteiger charge is -2.11. The molecule has 1 heterocycles. The highest BCUT2D eigenvalue weighted by molar-refractivity contribution is 7.98. The van der Waals surface area contributed by atoms with E-state index in [1.54, 1.807) is 11.8 Å². The number of halogens is 2. The molecule has 152 valence electrons. The monoisotopic (exact) mass is 453 g/mol. The van der Waals surface area contributed by atoms with E-state index in [4.69, 9.17) is 23.2 Å². The number of hydrogen-bond donors (Lipinski definition) is 0. The minimum Gasteiger partial charge on any atom is -0.274 e. The molecule has 0 aliphatic carbocycles. The fourth-order valence-corrected chi connectivity index (χ4v) is 4.44. The molecule has 0 radical (unpaired) electrons. The number of benzene rings is 3. The predicted octanol–water partition coefficient (Wildman–Crippen LogP) is 7.02. The van der Waals surface area contributed by atoms with Crippen molar-refractivity contribution in [1.82, 2.24) is 14.8 Å². The fourth-order valence-electron chi connectivity index (χ4n) is 3.20. The molecule has 0 aliphatic rings. The van der Waals surface area contributed by atoms with Crippen LogP contribution in [0.4, 0.5) is 0 Å². The summed E-state index contributed by atoms with van der Waals surface area (Å²) >= 11 is 13.9. The third-order valence-corrected chi connectivity index (χ3v) is 6.60. The van der Waals surface area contributed by atoms with Gasteiger partial charge in [0.2, 0.25) is 0 Å². The van der Waals surface area contributed by atoms with Crippen molar-refractivity contribution in [3.63, 3.8) is 0 Å². The van der Waals surface area contributed by atoms with Crippen LogP contribution >= 0.6 is 35.0 Å². The van der Waals surface area contributed by atoms with Crippen LogP contribution < -0.4 is 0 Å². The number of nitrogens with zero attached hydrogens (tertiary/aromatic N) is 3. The molecule has 0 unspecified atom stereocenters. The first-order valence-corrected chi connectivity index (χ1v) is 11.5. The lowest BCUT2D eigenvalue weighted by Crippen LogP contribution is -2.04. The second kappa shape index (κ2) is 9.69. The van der Waals surface area contributed by atoms with Gasteiger partial charge in [0, 0.05) is 17.9 Å². The Kier molecular flexibility index (Phi) is 6.78. The van der Waals surface area contributed by atoms with E-state index >= 15 is 0 Å². The summed E-state index contributed by atoms with van der Waals surface area (Å²) in [5.41, 5.74) is 4.67. The van der Waals surface area contributed by atoms with E-state index in [9.17, 15) is 0 Å². The van der Waals surface area contributed by atoms with Gasteiger partial charge in [-0.05, 0) is 47.4 Å². The summed E-state index contributed by atoms with van der Waals surface area (Å²) in [5.74, 6) is 1.65. The minimum absolute atomic E-state index is 0.565. The molecule has 0 bridgehead atoms. The third-order valence-electron chi connectivity index (χ3n) is 4.86. The highest BCUT2D eigenvalue weighted by atomic mass is 35.5. The lowest BCUT2D eigenvalue weighted by molar-refractivity contribution is 0.846. The number of hydrogen-bond acceptors (Lipinski definition) is 3. The molecule has 6 heteroatoms. The van der Waals surface area contributed by atoms with Crippen LogP contribution in [0.3, 0.4) is 0 Å². The topological polar surface area (TPSA) is 30.7 Å². The van der Waals surface area contributed by atoms with Gasteiger partial charge in [-0.3, -0.25) is 4.57 Å². The standard InChI is InChI=1S/C24H21Cl2N3S/c1-2-17-8-11-20(12-9-17)29-23(15-18-6-4-3-5-7-18)27-28-24(29)30-16-19-10-13-21(25)22(26)14-19/h3-14H,2,15-16H2,1H3. The van der Waals surface area contributed by atoms with Gasteiger partial charge in [-0.25, -0.2) is 0 Å². The van der Waals surface area contributed by atoms with Gasteiger partial charge in [0.15, 0.2) is 5.16 Å². The van der Waals surface area contributed by atoms with Crippen molar-refractivity contribution in [1.29, 1.82) is 0 Å². The Morgan fingerprint density at radius 2 is 1.53 bits per heavy atom. The Hall–Kier alpha value is -2.27. The molecule has 4 rings (SSSR count). The summed E-state index contributed by atoms with van der Waals surface area (Å²) in [4.78, 5) is 0. The predicted molar refractivity (Wildman–Crippen MR) is 126 cm³/mol. The summed E-state index contributed by atoms with van der Waals surface area (Å²) in [6, 6.07) is 24.7. The zero-order chi connectivity index (χ0) is 20.9. The molecule has 0 fully saturated rings. The van der Waals surface area contributed by atoms with Gasteiger partial charge in [0.1, 0.15) is 5.82 Å². The second-order valence-corrected chi connectivity index (χ2v) is 8.71. The molecular weight excluding hydrogens is 433 g/mol. The summed E-state index contributed by atoms with van der Waals surface area (Å²) in [7, 11) is 0. The maximum atomic E-state index is 6.17. The van der Waals surface area contributed by atoms with Gasteiger partial charge in [-0.1, -0.05) is 90.4 Å². The molecule has 0 amide bonds. The van der Waals surface area contributed by atoms with Crippen LogP contribution in [-0.2, 0) is 18.6 Å². The molecular formula is C24H21Cl2N3S. The van der Waals surface area contributed by atoms with Gasteiger partial charge < -0.3 is 0 Å². The summed E-state index contributed by atoms with van der Waals surface area (Å²) < 4.78 is 2.15. The molecule has 0 atom stereocenters. The Bertz CT molecular complexity index is 1130. The maximum Gasteiger partial charge on any atom is 0.196 e. The van der Waals surface area contributed by atoms with Crippen molar-refractivity contribution in [2.24, 2.45) is 0 Å². The fraction of sp³-hybridized carbons (Fsp3) is 0.167. The SMILES string of the molecule is CCc1ccc(-n2c(Cc3ccccc3)nnc2SCc2ccc(Cl)c(Cl)c2)cc1. The normalized spacial score (nSPS) is 11.0. The Balaban J connectivity index is 1.65. The van der Waals surface area contributed by atoms with Crippen LogP contribution in [0.5, 0.6) is 0 Å². The van der Waals surface area contributed by atoms with Crippen LogP contribution in [-0.4, -0.2) is 14.8 Å². The van der Waals surface area contributed by atoms with Gasteiger partial charge in [0.05, 0.1) is 10.0 Å². The number of aryl methyl sites for hydroxylation is 1. The molecule has 0 saturated carbocycles. The van der Waals surface area contributed by atoms with Gasteiger partial charge >= 0.3 is 0 Å². The molecule has 0 N–H and O–H groups in total. The van der Waals surface area contributed by atoms with Crippen molar-refractivity contribution in [2.75, 3.05) is 0 Å². The van der Waals surface area contributed by atoms with Crippen molar-refractivity contribution in [2.45, 2.75) is 30.7 Å². The first-order chi connectivity index (χ1) is 14.6. The van der Waals surface area contributed by atoms with Crippen LogP contribution in [0, 0.1) is 0 Å². The number of rotatable bonds is 7. The molecule has 3 aromatic carbocycles. The Morgan fingerprint density at radius 1 is 0.800 bits per heavy atom. The lowest BCUT2D eigenvalue weighted by atomic mass is 10.1. The van der Waals surface area contributed by atoms with E-state index in [1.165, 1.54) is 11.1 Å². The Labute approximate surface area is 191 Å². The van der Waals surface area contributed by atoms with Crippen LogP contribution in [0.1, 0.15) is 29.4 Å². The number of aromatic nitrogens is 3. The van der Waals surface area contributed by atoms with Crippen molar-refractivity contribution in [3.8, 4) is 5.69 Å². The van der Waals surface area contributed by atoms with E-state index in [2.05, 4.69) is 58.1 Å². The maximum absolute atomic E-state index is 6.17. The first-order valence-electron chi connectivity index (χ1n) is 9.78. The molecule has 1 aromatic heterocycles. The zero-order valence-corrected chi connectivity index (χ0v) is 18.9. The molecule has 0 aliphatic heterocycles. The second-order valence-electron chi connectivity index (χ2n) is 6.95. The first kappa shape index (κ1) is 21.0.